The van der Waals surface area contributed by atoms with Gasteiger partial charge < -0.3 is 18.9 Å². The SMILES string of the molecule is COc1cccc(/C=C2\Oc3c(ccc(OC(=O)c4cccnc4)c3C)C2=O)c1OC. The standard InChI is InChI=1S/C24H19NO6/c1-14-18(31-24(27)16-7-5-11-25-13-16)10-9-17-21(26)20(30-22(14)17)12-15-6-4-8-19(28-2)23(15)29-3/h4-13H,1-3H3/b20-12-. The molecule has 1 aliphatic rings. The molecule has 0 unspecified atom stereocenters. The van der Waals surface area contributed by atoms with E-state index in [0.717, 1.165) is 0 Å². The van der Waals surface area contributed by atoms with Crippen LogP contribution in [0.15, 0.2) is 60.6 Å². The lowest BCUT2D eigenvalue weighted by atomic mass is 10.1. The maximum atomic E-state index is 12.9. The molecule has 7 heteroatoms. The molecule has 2 aromatic carbocycles. The van der Waals surface area contributed by atoms with Crippen molar-refractivity contribution in [1.29, 1.82) is 0 Å². The van der Waals surface area contributed by atoms with Crippen molar-refractivity contribution in [2.24, 2.45) is 0 Å². The number of carbonyl (C=O) groups is 2. The molecule has 1 aliphatic heterocycles. The Hall–Kier alpha value is -4.13. The van der Waals surface area contributed by atoms with Crippen molar-refractivity contribution in [2.45, 2.75) is 6.92 Å². The van der Waals surface area contributed by atoms with Gasteiger partial charge in [-0.15, -0.1) is 0 Å². The van der Waals surface area contributed by atoms with Crippen LogP contribution in [0.1, 0.15) is 31.8 Å². The van der Waals surface area contributed by atoms with Crippen molar-refractivity contribution in [2.75, 3.05) is 14.2 Å². The summed E-state index contributed by atoms with van der Waals surface area (Å²) in [4.78, 5) is 29.2. The normalized spacial score (nSPS) is 13.5. The molecule has 31 heavy (non-hydrogen) atoms. The fourth-order valence-electron chi connectivity index (χ4n) is 3.29. The number of esters is 1. The molecular formula is C24H19NO6. The summed E-state index contributed by atoms with van der Waals surface area (Å²) in [7, 11) is 3.07. The molecule has 0 saturated carbocycles. The van der Waals surface area contributed by atoms with Crippen LogP contribution in [0.5, 0.6) is 23.0 Å². The number of hydrogen-bond donors (Lipinski definition) is 0. The number of para-hydroxylation sites is 1. The van der Waals surface area contributed by atoms with E-state index in [0.29, 0.717) is 45.3 Å². The van der Waals surface area contributed by atoms with E-state index in [1.807, 2.05) is 0 Å². The average Bonchev–Trinajstić information content (AvgIpc) is 3.12. The Labute approximate surface area is 178 Å². The Kier molecular flexibility index (Phi) is 5.41. The predicted molar refractivity (Wildman–Crippen MR) is 113 cm³/mol. The van der Waals surface area contributed by atoms with Crippen molar-refractivity contribution < 1.29 is 28.5 Å². The Morgan fingerprint density at radius 1 is 1.03 bits per heavy atom. The molecule has 0 N–H and O–H groups in total. The lowest BCUT2D eigenvalue weighted by Gasteiger charge is -2.11. The topological polar surface area (TPSA) is 84.0 Å². The van der Waals surface area contributed by atoms with Gasteiger partial charge in [0.15, 0.2) is 17.3 Å². The van der Waals surface area contributed by atoms with Gasteiger partial charge in [-0.25, -0.2) is 4.79 Å². The van der Waals surface area contributed by atoms with Gasteiger partial charge in [0, 0.05) is 23.5 Å². The maximum absolute atomic E-state index is 12.9. The van der Waals surface area contributed by atoms with E-state index in [4.69, 9.17) is 18.9 Å². The van der Waals surface area contributed by atoms with Gasteiger partial charge in [-0.05, 0) is 43.3 Å². The number of carbonyl (C=O) groups excluding carboxylic acids is 2. The van der Waals surface area contributed by atoms with Crippen molar-refractivity contribution in [3.05, 3.63) is 82.9 Å². The van der Waals surface area contributed by atoms with Gasteiger partial charge in [-0.3, -0.25) is 9.78 Å². The number of ether oxygens (including phenoxy) is 4. The second-order valence-corrected chi connectivity index (χ2v) is 6.72. The van der Waals surface area contributed by atoms with Crippen LogP contribution in [0.3, 0.4) is 0 Å². The number of allylic oxidation sites excluding steroid dienone is 1. The van der Waals surface area contributed by atoms with Crippen LogP contribution in [0, 0.1) is 6.92 Å². The molecule has 0 radical (unpaired) electrons. The minimum atomic E-state index is -0.544. The van der Waals surface area contributed by atoms with Gasteiger partial charge >= 0.3 is 5.97 Å². The van der Waals surface area contributed by atoms with Crippen molar-refractivity contribution in [3.8, 4) is 23.0 Å². The number of Topliss-reactive ketones (excluding diaryl/α,β-unsaturated/α-hetero) is 1. The van der Waals surface area contributed by atoms with Gasteiger partial charge in [-0.1, -0.05) is 12.1 Å². The molecule has 7 nitrogen and oxygen atoms in total. The van der Waals surface area contributed by atoms with E-state index in [2.05, 4.69) is 4.98 Å². The highest BCUT2D eigenvalue weighted by Crippen LogP contribution is 2.40. The minimum Gasteiger partial charge on any atom is -0.493 e. The summed E-state index contributed by atoms with van der Waals surface area (Å²) in [5, 5.41) is 0. The number of pyridine rings is 1. The number of rotatable bonds is 5. The summed E-state index contributed by atoms with van der Waals surface area (Å²) >= 11 is 0. The Balaban J connectivity index is 1.65. The fraction of sp³-hybridized carbons (Fsp3) is 0.125. The molecule has 0 saturated heterocycles. The summed E-state index contributed by atoms with van der Waals surface area (Å²) in [6.45, 7) is 1.73. The average molecular weight is 417 g/mol. The predicted octanol–water partition coefficient (Wildman–Crippen LogP) is 4.24. The number of methoxy groups -OCH3 is 2. The van der Waals surface area contributed by atoms with E-state index in [-0.39, 0.29) is 11.5 Å². The molecule has 0 amide bonds. The van der Waals surface area contributed by atoms with E-state index >= 15 is 0 Å². The molecule has 3 aromatic rings. The third-order valence-corrected chi connectivity index (χ3v) is 4.86. The van der Waals surface area contributed by atoms with Crippen LogP contribution in [-0.4, -0.2) is 31.0 Å². The summed E-state index contributed by atoms with van der Waals surface area (Å²) in [5.74, 6) is 1.02. The molecule has 0 aliphatic carbocycles. The van der Waals surface area contributed by atoms with E-state index in [9.17, 15) is 9.59 Å². The maximum Gasteiger partial charge on any atom is 0.345 e. The zero-order chi connectivity index (χ0) is 22.0. The zero-order valence-electron chi connectivity index (χ0n) is 17.2. The van der Waals surface area contributed by atoms with Gasteiger partial charge in [0.25, 0.3) is 0 Å². The van der Waals surface area contributed by atoms with Gasteiger partial charge in [-0.2, -0.15) is 0 Å². The van der Waals surface area contributed by atoms with Crippen LogP contribution in [0.2, 0.25) is 0 Å². The molecule has 0 spiro atoms. The van der Waals surface area contributed by atoms with Crippen LogP contribution < -0.4 is 18.9 Å². The summed E-state index contributed by atoms with van der Waals surface area (Å²) in [6, 6.07) is 11.8. The van der Waals surface area contributed by atoms with Crippen LogP contribution in [0.4, 0.5) is 0 Å². The summed E-state index contributed by atoms with van der Waals surface area (Å²) in [5.41, 5.74) is 1.90. The second-order valence-electron chi connectivity index (χ2n) is 6.72. The Bertz CT molecular complexity index is 1200. The highest BCUT2D eigenvalue weighted by atomic mass is 16.5. The number of hydrogen-bond acceptors (Lipinski definition) is 7. The molecular weight excluding hydrogens is 398 g/mol. The first kappa shape index (κ1) is 20.2. The first-order chi connectivity index (χ1) is 15.0. The van der Waals surface area contributed by atoms with Gasteiger partial charge in [0.1, 0.15) is 11.5 Å². The largest absolute Gasteiger partial charge is 0.493 e. The van der Waals surface area contributed by atoms with E-state index in [1.165, 1.54) is 13.3 Å². The quantitative estimate of drug-likeness (QED) is 0.349. The molecule has 0 atom stereocenters. The smallest absolute Gasteiger partial charge is 0.345 e. The third-order valence-electron chi connectivity index (χ3n) is 4.86. The van der Waals surface area contributed by atoms with Crippen LogP contribution in [-0.2, 0) is 0 Å². The highest BCUT2D eigenvalue weighted by Gasteiger charge is 2.31. The first-order valence-electron chi connectivity index (χ1n) is 9.44. The Morgan fingerprint density at radius 3 is 2.58 bits per heavy atom. The zero-order valence-corrected chi connectivity index (χ0v) is 17.2. The third kappa shape index (κ3) is 3.73. The second kappa shape index (κ2) is 8.31. The highest BCUT2D eigenvalue weighted by molar-refractivity contribution is 6.15. The van der Waals surface area contributed by atoms with Crippen LogP contribution >= 0.6 is 0 Å². The van der Waals surface area contributed by atoms with Gasteiger partial charge in [0.2, 0.25) is 5.78 Å². The molecule has 2 heterocycles. The van der Waals surface area contributed by atoms with Crippen molar-refractivity contribution in [1.82, 2.24) is 4.98 Å². The number of aromatic nitrogens is 1. The van der Waals surface area contributed by atoms with Gasteiger partial charge in [0.05, 0.1) is 25.3 Å². The molecule has 156 valence electrons. The number of nitrogens with zero attached hydrogens (tertiary/aromatic N) is 1. The van der Waals surface area contributed by atoms with E-state index < -0.39 is 5.97 Å². The lowest BCUT2D eigenvalue weighted by molar-refractivity contribution is 0.0732. The molecule has 0 fully saturated rings. The summed E-state index contributed by atoms with van der Waals surface area (Å²) < 4.78 is 22.1. The minimum absolute atomic E-state index is 0.139. The molecule has 1 aromatic heterocycles. The number of benzene rings is 2. The summed E-state index contributed by atoms with van der Waals surface area (Å²) in [6.07, 6.45) is 4.60. The molecule has 0 bridgehead atoms. The Morgan fingerprint density at radius 2 is 1.87 bits per heavy atom. The number of ketones is 1. The monoisotopic (exact) mass is 417 g/mol. The van der Waals surface area contributed by atoms with E-state index in [1.54, 1.807) is 68.8 Å². The van der Waals surface area contributed by atoms with Crippen molar-refractivity contribution in [3.63, 3.8) is 0 Å². The van der Waals surface area contributed by atoms with Crippen molar-refractivity contribution >= 4 is 17.8 Å². The lowest BCUT2D eigenvalue weighted by Crippen LogP contribution is -2.09. The first-order valence-corrected chi connectivity index (χ1v) is 9.44. The number of fused-ring (bicyclic) bond motifs is 1. The fourth-order valence-corrected chi connectivity index (χ4v) is 3.29. The molecule has 4 rings (SSSR count). The van der Waals surface area contributed by atoms with Crippen LogP contribution in [0.25, 0.3) is 6.08 Å².